The van der Waals surface area contributed by atoms with E-state index < -0.39 is 26.8 Å². The fraction of sp³-hybridized carbons (Fsp3) is 0.639. The third-order valence-electron chi connectivity index (χ3n) is 11.2. The van der Waals surface area contributed by atoms with Gasteiger partial charge in [0.15, 0.2) is 0 Å². The SMILES string of the molecule is C[C@@H]1[C@@H](C)CCC[C@@](O)(CN2CCOCC2)[C@@H]2CC[C@H]2CN2CCCCc3cc(Cl)ccc3COc3ccc(cc32)C(=O)NS1(=O)=O. The summed E-state index contributed by atoms with van der Waals surface area (Å²) in [4.78, 5) is 18.1. The third kappa shape index (κ3) is 7.93. The zero-order valence-electron chi connectivity index (χ0n) is 27.8. The molecule has 1 saturated carbocycles. The highest BCUT2D eigenvalue weighted by molar-refractivity contribution is 7.90. The summed E-state index contributed by atoms with van der Waals surface area (Å²) in [6, 6.07) is 11.1. The number of ether oxygens (including phenoxy) is 2. The molecule has 2 aromatic rings. The van der Waals surface area contributed by atoms with Crippen LogP contribution in [0.2, 0.25) is 5.02 Å². The van der Waals surface area contributed by atoms with Gasteiger partial charge in [-0.05, 0) is 111 Å². The smallest absolute Gasteiger partial charge is 0.264 e. The van der Waals surface area contributed by atoms with Crippen molar-refractivity contribution in [2.45, 2.75) is 82.7 Å². The number of β-amino-alcohol motifs (C(OH)–C–C–N with tert-alkyl or cyclic N) is 1. The minimum Gasteiger partial charge on any atom is -0.487 e. The summed E-state index contributed by atoms with van der Waals surface area (Å²) in [5, 5.41) is 12.5. The second-order valence-corrected chi connectivity index (χ2v) is 16.7. The summed E-state index contributed by atoms with van der Waals surface area (Å²) >= 11 is 6.36. The molecule has 1 amide bonds. The highest BCUT2D eigenvalue weighted by atomic mass is 35.5. The van der Waals surface area contributed by atoms with Crippen LogP contribution in [0.4, 0.5) is 5.69 Å². The van der Waals surface area contributed by atoms with Crippen molar-refractivity contribution >= 4 is 33.2 Å². The second-order valence-electron chi connectivity index (χ2n) is 14.3. The fourth-order valence-electron chi connectivity index (χ4n) is 7.94. The van der Waals surface area contributed by atoms with Crippen molar-refractivity contribution in [1.82, 2.24) is 9.62 Å². The van der Waals surface area contributed by atoms with Crippen molar-refractivity contribution in [3.05, 3.63) is 58.1 Å². The van der Waals surface area contributed by atoms with Gasteiger partial charge in [-0.3, -0.25) is 9.69 Å². The zero-order chi connectivity index (χ0) is 33.2. The summed E-state index contributed by atoms with van der Waals surface area (Å²) in [7, 11) is -3.94. The van der Waals surface area contributed by atoms with Gasteiger partial charge in [0.2, 0.25) is 10.0 Å². The molecule has 3 aliphatic heterocycles. The average molecular weight is 688 g/mol. The molecule has 4 aliphatic rings. The first kappa shape index (κ1) is 34.5. The lowest BCUT2D eigenvalue weighted by Gasteiger charge is -2.51. The molecular formula is C36H50ClN3O6S. The van der Waals surface area contributed by atoms with Crippen LogP contribution in [0, 0.1) is 17.8 Å². The van der Waals surface area contributed by atoms with Gasteiger partial charge < -0.3 is 19.5 Å². The van der Waals surface area contributed by atoms with Gasteiger partial charge in [0.25, 0.3) is 5.91 Å². The number of hydrogen-bond donors (Lipinski definition) is 2. The van der Waals surface area contributed by atoms with E-state index in [0.29, 0.717) is 56.4 Å². The van der Waals surface area contributed by atoms with E-state index in [1.807, 2.05) is 25.1 Å². The number of nitrogens with one attached hydrogen (secondary N) is 1. The molecule has 0 unspecified atom stereocenters. The van der Waals surface area contributed by atoms with Crippen LogP contribution in [0.5, 0.6) is 5.75 Å². The van der Waals surface area contributed by atoms with E-state index in [1.54, 1.807) is 25.1 Å². The van der Waals surface area contributed by atoms with Crippen molar-refractivity contribution in [3.8, 4) is 5.75 Å². The molecule has 0 aromatic heterocycles. The summed E-state index contributed by atoms with van der Waals surface area (Å²) in [5.74, 6) is 0.226. The van der Waals surface area contributed by atoms with Crippen LogP contribution in [0.3, 0.4) is 0 Å². The topological polar surface area (TPSA) is 108 Å². The number of hydrogen-bond acceptors (Lipinski definition) is 8. The molecule has 5 atom stereocenters. The molecule has 258 valence electrons. The number of halogens is 1. The van der Waals surface area contributed by atoms with Crippen LogP contribution in [-0.4, -0.2) is 81.1 Å². The minimum atomic E-state index is -3.94. The van der Waals surface area contributed by atoms with Gasteiger partial charge in [0, 0.05) is 43.3 Å². The summed E-state index contributed by atoms with van der Waals surface area (Å²) in [6.45, 7) is 8.96. The van der Waals surface area contributed by atoms with Crippen LogP contribution in [-0.2, 0) is 27.8 Å². The number of anilines is 1. The Kier molecular flexibility index (Phi) is 10.7. The van der Waals surface area contributed by atoms with Crippen molar-refractivity contribution in [2.75, 3.05) is 50.8 Å². The largest absolute Gasteiger partial charge is 0.487 e. The molecule has 2 N–H and O–H groups in total. The molecule has 3 heterocycles. The van der Waals surface area contributed by atoms with Gasteiger partial charge in [-0.1, -0.05) is 31.0 Å². The molecule has 2 bridgehead atoms. The molecule has 2 fully saturated rings. The Hall–Kier alpha value is -2.37. The number of fused-ring (bicyclic) bond motifs is 3. The maximum atomic E-state index is 13.5. The lowest BCUT2D eigenvalue weighted by atomic mass is 9.62. The van der Waals surface area contributed by atoms with Gasteiger partial charge in [0.05, 0.1) is 29.8 Å². The van der Waals surface area contributed by atoms with Gasteiger partial charge in [-0.15, -0.1) is 0 Å². The van der Waals surface area contributed by atoms with E-state index in [0.717, 1.165) is 69.5 Å². The van der Waals surface area contributed by atoms with Gasteiger partial charge in [-0.25, -0.2) is 13.1 Å². The molecule has 0 radical (unpaired) electrons. The lowest BCUT2D eigenvalue weighted by molar-refractivity contribution is -0.114. The molecule has 9 nitrogen and oxygen atoms in total. The summed E-state index contributed by atoms with van der Waals surface area (Å²) in [5.41, 5.74) is 2.43. The minimum absolute atomic E-state index is 0.121. The number of benzene rings is 2. The Morgan fingerprint density at radius 3 is 2.57 bits per heavy atom. The first-order valence-electron chi connectivity index (χ1n) is 17.4. The van der Waals surface area contributed by atoms with Crippen LogP contribution in [0.1, 0.15) is 80.3 Å². The lowest BCUT2D eigenvalue weighted by Crippen LogP contribution is -2.57. The normalized spacial score (nSPS) is 30.8. The highest BCUT2D eigenvalue weighted by Crippen LogP contribution is 2.46. The van der Waals surface area contributed by atoms with Gasteiger partial charge >= 0.3 is 0 Å². The number of carbonyl (C=O) groups is 1. The van der Waals surface area contributed by atoms with Crippen LogP contribution in [0.25, 0.3) is 0 Å². The Bertz CT molecular complexity index is 1530. The average Bonchev–Trinajstić information content (AvgIpc) is 3.05. The number of aryl methyl sites for hydroxylation is 1. The monoisotopic (exact) mass is 687 g/mol. The number of sulfonamides is 1. The molecule has 6 rings (SSSR count). The number of nitrogens with zero attached hydrogens (tertiary/aromatic N) is 2. The standard InChI is InChI=1S/C36H50ClN3O6S/c1-25-6-5-14-36(42,24-39-16-18-45-19-17-39)32-12-9-29(32)22-40-15-4-3-7-27-20-31(37)11-8-30(27)23-46-34-13-10-28(21-33(34)40)35(41)38-47(43,44)26(25)2/h8,10-11,13,20-21,25-26,29,32,42H,3-7,9,12,14-19,22-24H2,1-2H3,(H,38,41)/t25-,26+,29-,32+,36+/m0/s1. The predicted molar refractivity (Wildman–Crippen MR) is 185 cm³/mol. The Labute approximate surface area is 285 Å². The first-order valence-corrected chi connectivity index (χ1v) is 19.3. The second kappa shape index (κ2) is 14.6. The van der Waals surface area contributed by atoms with Crippen molar-refractivity contribution < 1.29 is 27.8 Å². The van der Waals surface area contributed by atoms with Crippen LogP contribution < -0.4 is 14.4 Å². The highest BCUT2D eigenvalue weighted by Gasteiger charge is 2.48. The third-order valence-corrected chi connectivity index (χ3v) is 13.3. The molecule has 11 heteroatoms. The van der Waals surface area contributed by atoms with E-state index in [-0.39, 0.29) is 23.3 Å². The Balaban J connectivity index is 1.37. The zero-order valence-corrected chi connectivity index (χ0v) is 29.3. The Morgan fingerprint density at radius 2 is 1.81 bits per heavy atom. The van der Waals surface area contributed by atoms with E-state index in [2.05, 4.69) is 14.5 Å². The number of carbonyl (C=O) groups excluding carboxylic acids is 1. The van der Waals surface area contributed by atoms with E-state index >= 15 is 0 Å². The molecule has 1 aliphatic carbocycles. The van der Waals surface area contributed by atoms with E-state index in [1.165, 1.54) is 5.56 Å². The molecule has 47 heavy (non-hydrogen) atoms. The van der Waals surface area contributed by atoms with Crippen molar-refractivity contribution in [1.29, 1.82) is 0 Å². The molecular weight excluding hydrogens is 638 g/mol. The van der Waals surface area contributed by atoms with Crippen LogP contribution in [0.15, 0.2) is 36.4 Å². The quantitative estimate of drug-likeness (QED) is 0.431. The van der Waals surface area contributed by atoms with Crippen LogP contribution >= 0.6 is 11.6 Å². The first-order chi connectivity index (χ1) is 22.5. The Morgan fingerprint density at radius 1 is 1.00 bits per heavy atom. The van der Waals surface area contributed by atoms with Gasteiger partial charge in [0.1, 0.15) is 12.4 Å². The van der Waals surface area contributed by atoms with Gasteiger partial charge in [-0.2, -0.15) is 0 Å². The van der Waals surface area contributed by atoms with Crippen molar-refractivity contribution in [2.24, 2.45) is 17.8 Å². The summed E-state index contributed by atoms with van der Waals surface area (Å²) in [6.07, 6.45) is 6.72. The number of rotatable bonds is 2. The van der Waals surface area contributed by atoms with E-state index in [9.17, 15) is 18.3 Å². The molecule has 0 spiro atoms. The molecule has 1 saturated heterocycles. The number of morpholine rings is 1. The maximum Gasteiger partial charge on any atom is 0.264 e. The maximum absolute atomic E-state index is 13.5. The predicted octanol–water partition coefficient (Wildman–Crippen LogP) is 5.42. The number of amides is 1. The fourth-order valence-corrected chi connectivity index (χ4v) is 9.44. The number of aliphatic hydroxyl groups is 1. The van der Waals surface area contributed by atoms with Crippen molar-refractivity contribution in [3.63, 3.8) is 0 Å². The van der Waals surface area contributed by atoms with E-state index in [4.69, 9.17) is 21.1 Å². The molecule has 2 aromatic carbocycles. The summed E-state index contributed by atoms with van der Waals surface area (Å²) < 4.78 is 41.3.